The first-order valence-corrected chi connectivity index (χ1v) is 7.71. The fourth-order valence-corrected chi connectivity index (χ4v) is 2.72. The maximum Gasteiger partial charge on any atom is 0.238 e. The van der Waals surface area contributed by atoms with Crippen LogP contribution in [0.4, 0.5) is 5.69 Å². The molecule has 2 N–H and O–H groups in total. The van der Waals surface area contributed by atoms with Crippen LogP contribution in [0.5, 0.6) is 5.75 Å². The molecule has 0 bridgehead atoms. The van der Waals surface area contributed by atoms with Gasteiger partial charge < -0.3 is 15.4 Å². The molecule has 0 unspecified atom stereocenters. The van der Waals surface area contributed by atoms with E-state index in [2.05, 4.69) is 29.7 Å². The van der Waals surface area contributed by atoms with Gasteiger partial charge in [0.25, 0.3) is 0 Å². The molecule has 0 saturated carbocycles. The highest BCUT2D eigenvalue weighted by atomic mass is 16.5. The second-order valence-corrected chi connectivity index (χ2v) is 5.74. The van der Waals surface area contributed by atoms with Gasteiger partial charge in [-0.3, -0.25) is 4.79 Å². The predicted octanol–water partition coefficient (Wildman–Crippen LogP) is 3.35. The van der Waals surface area contributed by atoms with Crippen LogP contribution in [0.2, 0.25) is 0 Å². The Kier molecular flexibility index (Phi) is 5.77. The minimum atomic E-state index is -0.0463. The average Bonchev–Trinajstić information content (AvgIpc) is 2.51. The standard InChI is InChI=1S/C19H24N2O2/c1-13-9-14(2)19(15(3)10-13)21-18(22)12-20-11-16-7-5-6-8-17(16)23-4/h5-10,20H,11-12H2,1-4H3,(H,21,22). The first-order valence-electron chi connectivity index (χ1n) is 7.71. The van der Waals surface area contributed by atoms with E-state index in [4.69, 9.17) is 4.74 Å². The van der Waals surface area contributed by atoms with Gasteiger partial charge in [-0.15, -0.1) is 0 Å². The summed E-state index contributed by atoms with van der Waals surface area (Å²) in [4.78, 5) is 12.1. The third-order valence-electron chi connectivity index (χ3n) is 3.73. The molecule has 23 heavy (non-hydrogen) atoms. The number of methoxy groups -OCH3 is 1. The molecule has 0 radical (unpaired) electrons. The Morgan fingerprint density at radius 3 is 2.39 bits per heavy atom. The van der Waals surface area contributed by atoms with E-state index in [1.165, 1.54) is 5.56 Å². The van der Waals surface area contributed by atoms with Crippen molar-refractivity contribution in [3.05, 3.63) is 58.7 Å². The Labute approximate surface area is 137 Å². The first kappa shape index (κ1) is 17.0. The van der Waals surface area contributed by atoms with Crippen LogP contribution < -0.4 is 15.4 Å². The highest BCUT2D eigenvalue weighted by Crippen LogP contribution is 2.21. The summed E-state index contributed by atoms with van der Waals surface area (Å²) in [6.07, 6.45) is 0. The number of rotatable bonds is 6. The molecule has 0 aromatic heterocycles. The smallest absolute Gasteiger partial charge is 0.238 e. The van der Waals surface area contributed by atoms with E-state index in [9.17, 15) is 4.79 Å². The van der Waals surface area contributed by atoms with Crippen molar-refractivity contribution in [2.45, 2.75) is 27.3 Å². The predicted molar refractivity (Wildman–Crippen MR) is 94.0 cm³/mol. The number of amides is 1. The molecule has 0 aliphatic carbocycles. The summed E-state index contributed by atoms with van der Waals surface area (Å²) >= 11 is 0. The monoisotopic (exact) mass is 312 g/mol. The minimum Gasteiger partial charge on any atom is -0.496 e. The zero-order valence-electron chi connectivity index (χ0n) is 14.2. The molecule has 1 amide bonds. The second kappa shape index (κ2) is 7.79. The summed E-state index contributed by atoms with van der Waals surface area (Å²) in [5.74, 6) is 0.778. The second-order valence-electron chi connectivity index (χ2n) is 5.74. The Morgan fingerprint density at radius 2 is 1.74 bits per heavy atom. The third kappa shape index (κ3) is 4.57. The number of nitrogens with one attached hydrogen (secondary N) is 2. The van der Waals surface area contributed by atoms with Crippen LogP contribution in [0.15, 0.2) is 36.4 Å². The molecular weight excluding hydrogens is 288 g/mol. The molecule has 122 valence electrons. The van der Waals surface area contributed by atoms with Crippen molar-refractivity contribution in [1.82, 2.24) is 5.32 Å². The fraction of sp³-hybridized carbons (Fsp3) is 0.316. The van der Waals surface area contributed by atoms with E-state index >= 15 is 0 Å². The van der Waals surface area contributed by atoms with Crippen molar-refractivity contribution in [3.63, 3.8) is 0 Å². The highest BCUT2D eigenvalue weighted by Gasteiger charge is 2.08. The van der Waals surface area contributed by atoms with Crippen LogP contribution in [0.1, 0.15) is 22.3 Å². The maximum absolute atomic E-state index is 12.1. The van der Waals surface area contributed by atoms with E-state index < -0.39 is 0 Å². The van der Waals surface area contributed by atoms with Gasteiger partial charge >= 0.3 is 0 Å². The summed E-state index contributed by atoms with van der Waals surface area (Å²) in [6, 6.07) is 11.9. The van der Waals surface area contributed by atoms with Crippen molar-refractivity contribution in [1.29, 1.82) is 0 Å². The third-order valence-corrected chi connectivity index (χ3v) is 3.73. The van der Waals surface area contributed by atoms with Gasteiger partial charge in [-0.25, -0.2) is 0 Å². The van der Waals surface area contributed by atoms with E-state index in [0.29, 0.717) is 6.54 Å². The van der Waals surface area contributed by atoms with Crippen molar-refractivity contribution in [3.8, 4) is 5.75 Å². The molecule has 0 fully saturated rings. The molecule has 2 rings (SSSR count). The van der Waals surface area contributed by atoms with Crippen LogP contribution in [0.25, 0.3) is 0 Å². The van der Waals surface area contributed by atoms with Crippen molar-refractivity contribution in [2.24, 2.45) is 0 Å². The first-order chi connectivity index (χ1) is 11.0. The largest absolute Gasteiger partial charge is 0.496 e. The van der Waals surface area contributed by atoms with Gasteiger partial charge in [0.05, 0.1) is 13.7 Å². The molecule has 0 saturated heterocycles. The van der Waals surface area contributed by atoms with Crippen LogP contribution in [-0.2, 0) is 11.3 Å². The molecule has 4 nitrogen and oxygen atoms in total. The average molecular weight is 312 g/mol. The number of hydrogen-bond acceptors (Lipinski definition) is 3. The highest BCUT2D eigenvalue weighted by molar-refractivity contribution is 5.93. The Morgan fingerprint density at radius 1 is 1.09 bits per heavy atom. The molecule has 4 heteroatoms. The Hall–Kier alpha value is -2.33. The molecule has 0 aliphatic heterocycles. The number of para-hydroxylation sites is 1. The number of carbonyl (C=O) groups is 1. The molecule has 2 aromatic rings. The summed E-state index contributed by atoms with van der Waals surface area (Å²) in [6.45, 7) is 6.92. The molecule has 2 aromatic carbocycles. The number of anilines is 1. The molecular formula is C19H24N2O2. The number of aryl methyl sites for hydroxylation is 3. The van der Waals surface area contributed by atoms with E-state index in [0.717, 1.165) is 28.1 Å². The zero-order chi connectivity index (χ0) is 16.8. The topological polar surface area (TPSA) is 50.4 Å². The van der Waals surface area contributed by atoms with Gasteiger partial charge in [0.2, 0.25) is 5.91 Å². The van der Waals surface area contributed by atoms with Gasteiger partial charge in [-0.1, -0.05) is 35.9 Å². The number of hydrogen-bond donors (Lipinski definition) is 2. The number of carbonyl (C=O) groups excluding carboxylic acids is 1. The van der Waals surface area contributed by atoms with Crippen LogP contribution >= 0.6 is 0 Å². The quantitative estimate of drug-likeness (QED) is 0.860. The van der Waals surface area contributed by atoms with Gasteiger partial charge in [0.15, 0.2) is 0 Å². The SMILES string of the molecule is COc1ccccc1CNCC(=O)Nc1c(C)cc(C)cc1C. The molecule has 0 atom stereocenters. The van der Waals surface area contributed by atoms with Crippen molar-refractivity contribution < 1.29 is 9.53 Å². The molecule has 0 aliphatic rings. The van der Waals surface area contributed by atoms with Gasteiger partial charge in [-0.2, -0.15) is 0 Å². The van der Waals surface area contributed by atoms with Gasteiger partial charge in [0.1, 0.15) is 5.75 Å². The lowest BCUT2D eigenvalue weighted by molar-refractivity contribution is -0.115. The summed E-state index contributed by atoms with van der Waals surface area (Å²) < 4.78 is 5.30. The number of ether oxygens (including phenoxy) is 1. The van der Waals surface area contributed by atoms with Crippen LogP contribution in [0, 0.1) is 20.8 Å². The normalized spacial score (nSPS) is 10.4. The summed E-state index contributed by atoms with van der Waals surface area (Å²) in [5.41, 5.74) is 5.30. The lowest BCUT2D eigenvalue weighted by atomic mass is 10.1. The molecule has 0 spiro atoms. The molecule has 0 heterocycles. The summed E-state index contributed by atoms with van der Waals surface area (Å²) in [5, 5.41) is 6.14. The van der Waals surface area contributed by atoms with Crippen LogP contribution in [-0.4, -0.2) is 19.6 Å². The lowest BCUT2D eigenvalue weighted by Crippen LogP contribution is -2.28. The fourth-order valence-electron chi connectivity index (χ4n) is 2.72. The Bertz CT molecular complexity index is 673. The summed E-state index contributed by atoms with van der Waals surface area (Å²) in [7, 11) is 1.65. The van der Waals surface area contributed by atoms with Crippen molar-refractivity contribution in [2.75, 3.05) is 19.0 Å². The zero-order valence-corrected chi connectivity index (χ0v) is 14.2. The maximum atomic E-state index is 12.1. The van der Waals surface area contributed by atoms with Crippen LogP contribution in [0.3, 0.4) is 0 Å². The Balaban J connectivity index is 1.91. The van der Waals surface area contributed by atoms with E-state index in [1.54, 1.807) is 7.11 Å². The van der Waals surface area contributed by atoms with Crippen molar-refractivity contribution >= 4 is 11.6 Å². The lowest BCUT2D eigenvalue weighted by Gasteiger charge is -2.13. The number of benzene rings is 2. The van der Waals surface area contributed by atoms with E-state index in [-0.39, 0.29) is 12.5 Å². The van der Waals surface area contributed by atoms with E-state index in [1.807, 2.05) is 38.1 Å². The minimum absolute atomic E-state index is 0.0463. The van der Waals surface area contributed by atoms with Gasteiger partial charge in [0, 0.05) is 17.8 Å². The van der Waals surface area contributed by atoms with Gasteiger partial charge in [-0.05, 0) is 38.0 Å².